The van der Waals surface area contributed by atoms with Crippen LogP contribution in [0.25, 0.3) is 0 Å². The van der Waals surface area contributed by atoms with Crippen molar-refractivity contribution in [2.24, 2.45) is 0 Å². The molecule has 0 bridgehead atoms. The minimum atomic E-state index is -0.556. The van der Waals surface area contributed by atoms with Crippen LogP contribution in [0.1, 0.15) is 19.4 Å². The molecule has 0 aliphatic carbocycles. The molecule has 0 radical (unpaired) electrons. The number of halogens is 2. The average Bonchev–Trinajstić information content (AvgIpc) is 2.54. The zero-order chi connectivity index (χ0) is 17.2. The van der Waals surface area contributed by atoms with Crippen LogP contribution in [0.5, 0.6) is 5.75 Å². The number of phenolic OH excluding ortho intramolecular Hbond substituents is 1. The SMILES string of the molecule is CCN(CC)c1cccc(C)c1Pc1ccccc1O.[Cl][Ti][Cl]. The molecule has 0 fully saturated rings. The Balaban J connectivity index is 0.000000816. The van der Waals surface area contributed by atoms with Crippen LogP contribution in [0.2, 0.25) is 0 Å². The van der Waals surface area contributed by atoms with Crippen molar-refractivity contribution in [3.05, 3.63) is 48.0 Å². The van der Waals surface area contributed by atoms with Gasteiger partial charge in [-0.25, -0.2) is 0 Å². The van der Waals surface area contributed by atoms with Crippen LogP contribution in [0, 0.1) is 6.92 Å². The Hall–Kier alpha value is -0.236. The van der Waals surface area contributed by atoms with Crippen LogP contribution in [-0.4, -0.2) is 18.2 Å². The zero-order valence-electron chi connectivity index (χ0n) is 13.6. The Bertz CT molecular complexity index is 609. The predicted octanol–water partition coefficient (Wildman–Crippen LogP) is 4.55. The summed E-state index contributed by atoms with van der Waals surface area (Å²) in [4.78, 5) is 2.37. The first kappa shape index (κ1) is 20.8. The van der Waals surface area contributed by atoms with E-state index < -0.39 is 17.0 Å². The number of rotatable bonds is 5. The molecule has 2 nitrogen and oxygen atoms in total. The summed E-state index contributed by atoms with van der Waals surface area (Å²) in [6.45, 7) is 8.50. The standard InChI is InChI=1S/C17H22NOP.2ClH.Ti/c1-4-18(5-2)14-10-8-9-13(3)17(14)20-16-12-7-6-11-15(16)19;;;/h6-12,19-20H,4-5H2,1-3H3;2*1H;/q;;;+2/p-2. The maximum atomic E-state index is 10.00. The minimum absolute atomic E-state index is 0.389. The molecule has 0 saturated carbocycles. The fourth-order valence-corrected chi connectivity index (χ4v) is 3.67. The van der Waals surface area contributed by atoms with Crippen molar-refractivity contribution in [1.82, 2.24) is 0 Å². The quantitative estimate of drug-likeness (QED) is 0.582. The van der Waals surface area contributed by atoms with Gasteiger partial charge in [-0.2, -0.15) is 0 Å². The third-order valence-corrected chi connectivity index (χ3v) is 5.11. The maximum absolute atomic E-state index is 10.00. The zero-order valence-corrected chi connectivity index (χ0v) is 17.7. The summed E-state index contributed by atoms with van der Waals surface area (Å²) >= 11 is -0.556. The van der Waals surface area contributed by atoms with Crippen molar-refractivity contribution in [3.8, 4) is 5.75 Å². The molecule has 6 heteroatoms. The number of aryl methyl sites for hydroxylation is 1. The summed E-state index contributed by atoms with van der Waals surface area (Å²) in [6, 6.07) is 14.1. The normalized spacial score (nSPS) is 10.3. The van der Waals surface area contributed by atoms with E-state index in [4.69, 9.17) is 18.6 Å². The second-order valence-electron chi connectivity index (χ2n) is 4.85. The summed E-state index contributed by atoms with van der Waals surface area (Å²) < 4.78 is 0. The van der Waals surface area contributed by atoms with Gasteiger partial charge < -0.3 is 10.0 Å². The molecular weight excluding hydrogens is 384 g/mol. The molecule has 1 unspecified atom stereocenters. The van der Waals surface area contributed by atoms with E-state index in [1.165, 1.54) is 16.6 Å². The van der Waals surface area contributed by atoms with Gasteiger partial charge in [0.1, 0.15) is 5.75 Å². The van der Waals surface area contributed by atoms with E-state index in [2.05, 4.69) is 43.9 Å². The third kappa shape index (κ3) is 6.29. The summed E-state index contributed by atoms with van der Waals surface area (Å²) in [5, 5.41) is 12.3. The molecular formula is C17H22Cl2NOPTi. The molecule has 23 heavy (non-hydrogen) atoms. The Morgan fingerprint density at radius 2 is 1.65 bits per heavy atom. The van der Waals surface area contributed by atoms with Gasteiger partial charge in [0.25, 0.3) is 0 Å². The Kier molecular flexibility index (Phi) is 10.3. The molecule has 0 aromatic heterocycles. The van der Waals surface area contributed by atoms with Crippen LogP contribution in [-0.2, 0) is 17.0 Å². The van der Waals surface area contributed by atoms with Gasteiger partial charge in [0.2, 0.25) is 0 Å². The second kappa shape index (κ2) is 11.3. The molecule has 0 amide bonds. The molecule has 2 aromatic rings. The number of nitrogens with zero attached hydrogens (tertiary/aromatic N) is 1. The van der Waals surface area contributed by atoms with Gasteiger partial charge in [0, 0.05) is 29.4 Å². The van der Waals surface area contributed by atoms with Crippen LogP contribution in [0.15, 0.2) is 42.5 Å². The van der Waals surface area contributed by atoms with E-state index in [1.807, 2.05) is 18.2 Å². The molecule has 0 aliphatic heterocycles. The van der Waals surface area contributed by atoms with E-state index in [9.17, 15) is 5.11 Å². The summed E-state index contributed by atoms with van der Waals surface area (Å²) in [5.41, 5.74) is 2.58. The first-order chi connectivity index (χ1) is 11.1. The second-order valence-corrected chi connectivity index (χ2v) is 8.72. The topological polar surface area (TPSA) is 23.5 Å². The molecule has 0 spiro atoms. The van der Waals surface area contributed by atoms with Gasteiger partial charge in [-0.05, 0) is 38.5 Å². The van der Waals surface area contributed by atoms with E-state index in [-0.39, 0.29) is 0 Å². The molecule has 0 aliphatic rings. The van der Waals surface area contributed by atoms with Crippen molar-refractivity contribution in [2.75, 3.05) is 18.0 Å². The number of benzene rings is 2. The van der Waals surface area contributed by atoms with E-state index in [1.54, 1.807) is 6.07 Å². The molecule has 0 heterocycles. The van der Waals surface area contributed by atoms with Crippen molar-refractivity contribution < 1.29 is 22.1 Å². The molecule has 1 N–H and O–H groups in total. The summed E-state index contributed by atoms with van der Waals surface area (Å²) in [5.74, 6) is 0.389. The number of hydrogen-bond donors (Lipinski definition) is 1. The van der Waals surface area contributed by atoms with Gasteiger partial charge in [0.05, 0.1) is 0 Å². The molecule has 2 aromatic carbocycles. The van der Waals surface area contributed by atoms with Crippen molar-refractivity contribution in [2.45, 2.75) is 20.8 Å². The number of aromatic hydroxyl groups is 1. The van der Waals surface area contributed by atoms with Gasteiger partial charge in [0.15, 0.2) is 0 Å². The number of anilines is 1. The molecule has 1 atom stereocenters. The number of para-hydroxylation sites is 1. The van der Waals surface area contributed by atoms with Gasteiger partial charge in [-0.15, -0.1) is 0 Å². The van der Waals surface area contributed by atoms with Gasteiger partial charge in [-0.1, -0.05) is 38.9 Å². The van der Waals surface area contributed by atoms with E-state index >= 15 is 0 Å². The van der Waals surface area contributed by atoms with Crippen LogP contribution >= 0.6 is 27.2 Å². The van der Waals surface area contributed by atoms with Crippen molar-refractivity contribution in [3.63, 3.8) is 0 Å². The Morgan fingerprint density at radius 3 is 2.22 bits per heavy atom. The monoisotopic (exact) mass is 405 g/mol. The number of hydrogen-bond acceptors (Lipinski definition) is 2. The Morgan fingerprint density at radius 1 is 1.04 bits per heavy atom. The number of phenols is 1. The van der Waals surface area contributed by atoms with Crippen LogP contribution in [0.4, 0.5) is 5.69 Å². The van der Waals surface area contributed by atoms with Gasteiger partial charge >= 0.3 is 35.6 Å². The molecule has 0 saturated heterocycles. The van der Waals surface area contributed by atoms with Crippen LogP contribution < -0.4 is 15.5 Å². The third-order valence-electron chi connectivity index (χ3n) is 3.52. The van der Waals surface area contributed by atoms with E-state index in [0.717, 1.165) is 18.4 Å². The van der Waals surface area contributed by atoms with E-state index in [0.29, 0.717) is 14.3 Å². The first-order valence-electron chi connectivity index (χ1n) is 7.44. The summed E-state index contributed by atoms with van der Waals surface area (Å²) in [7, 11) is 10.3. The van der Waals surface area contributed by atoms with Crippen LogP contribution in [0.3, 0.4) is 0 Å². The average molecular weight is 406 g/mol. The predicted molar refractivity (Wildman–Crippen MR) is 102 cm³/mol. The molecule has 2 rings (SSSR count). The first-order valence-corrected chi connectivity index (χ1v) is 12.7. The Labute approximate surface area is 157 Å². The molecule has 124 valence electrons. The fourth-order valence-electron chi connectivity index (χ4n) is 2.36. The van der Waals surface area contributed by atoms with Gasteiger partial charge in [-0.3, -0.25) is 0 Å². The van der Waals surface area contributed by atoms with Crippen molar-refractivity contribution >= 4 is 43.5 Å². The summed E-state index contributed by atoms with van der Waals surface area (Å²) in [6.07, 6.45) is 0. The van der Waals surface area contributed by atoms with Crippen molar-refractivity contribution in [1.29, 1.82) is 0 Å². The fraction of sp³-hybridized carbons (Fsp3) is 0.294.